The predicted octanol–water partition coefficient (Wildman–Crippen LogP) is 1.47. The topological polar surface area (TPSA) is 49.7 Å². The predicted molar refractivity (Wildman–Crippen MR) is 53.7 cm³/mol. The van der Waals surface area contributed by atoms with E-state index in [1.165, 1.54) is 0 Å². The highest BCUT2D eigenvalue weighted by atomic mass is 16.6. The number of unbranched alkanes of at least 4 members (excludes halogenated alkanes) is 1. The number of aliphatic hydroxyl groups is 2. The number of hydrogen-bond donors (Lipinski definition) is 2. The molecule has 1 atom stereocenters. The molecule has 0 amide bonds. The highest BCUT2D eigenvalue weighted by Gasteiger charge is 2.05. The van der Waals surface area contributed by atoms with Gasteiger partial charge in [0.25, 0.3) is 0 Å². The van der Waals surface area contributed by atoms with Crippen LogP contribution in [0.1, 0.15) is 24.7 Å². The summed E-state index contributed by atoms with van der Waals surface area (Å²) in [5.41, 5.74) is 0.761. The molecule has 0 saturated heterocycles. The molecule has 1 aromatic rings. The second-order valence-corrected chi connectivity index (χ2v) is 3.06. The van der Waals surface area contributed by atoms with E-state index in [4.69, 9.17) is 9.84 Å². The summed E-state index contributed by atoms with van der Waals surface area (Å²) in [6.45, 7) is 0.640. The molecule has 3 heteroatoms. The molecule has 1 rings (SSSR count). The highest BCUT2D eigenvalue weighted by Crippen LogP contribution is 2.13. The Morgan fingerprint density at radius 2 is 1.86 bits per heavy atom. The quantitative estimate of drug-likeness (QED) is 0.535. The number of aliphatic hydroxyl groups excluding tert-OH is 2. The van der Waals surface area contributed by atoms with E-state index >= 15 is 0 Å². The Labute approximate surface area is 84.0 Å². The summed E-state index contributed by atoms with van der Waals surface area (Å²) in [6.07, 6.45) is 0.622. The minimum absolute atomic E-state index is 0.171. The van der Waals surface area contributed by atoms with Gasteiger partial charge in [-0.05, 0) is 12.8 Å². The molecule has 3 nitrogen and oxygen atoms in total. The molecule has 78 valence electrons. The van der Waals surface area contributed by atoms with Gasteiger partial charge < -0.3 is 14.9 Å². The average molecular weight is 196 g/mol. The Hall–Kier alpha value is -0.900. The van der Waals surface area contributed by atoms with Crippen LogP contribution in [-0.2, 0) is 4.74 Å². The molecule has 0 spiro atoms. The zero-order valence-corrected chi connectivity index (χ0v) is 8.10. The maximum absolute atomic E-state index is 9.54. The maximum Gasteiger partial charge on any atom is 0.181 e. The first-order chi connectivity index (χ1) is 6.84. The molecule has 1 aromatic carbocycles. The molecule has 0 aromatic heterocycles. The molecule has 2 N–H and O–H groups in total. The molecule has 0 saturated carbocycles. The second kappa shape index (κ2) is 6.54. The van der Waals surface area contributed by atoms with E-state index in [-0.39, 0.29) is 6.61 Å². The van der Waals surface area contributed by atoms with Crippen LogP contribution in [0.2, 0.25) is 0 Å². The number of rotatable bonds is 6. The molecule has 0 aliphatic rings. The van der Waals surface area contributed by atoms with Crippen LogP contribution >= 0.6 is 0 Å². The number of ether oxygens (including phenoxy) is 1. The Morgan fingerprint density at radius 3 is 2.50 bits per heavy atom. The molecule has 0 aliphatic carbocycles. The maximum atomic E-state index is 9.54. The van der Waals surface area contributed by atoms with Crippen LogP contribution in [0.15, 0.2) is 30.3 Å². The van der Waals surface area contributed by atoms with Crippen molar-refractivity contribution in [2.24, 2.45) is 0 Å². The Bertz CT molecular complexity index is 236. The van der Waals surface area contributed by atoms with Crippen molar-refractivity contribution in [1.82, 2.24) is 0 Å². The van der Waals surface area contributed by atoms with Crippen LogP contribution in [0.5, 0.6) is 0 Å². The summed E-state index contributed by atoms with van der Waals surface area (Å²) in [5, 5.41) is 18.1. The SMILES string of the molecule is OCCCCOC(O)c1ccccc1. The fourth-order valence-corrected chi connectivity index (χ4v) is 1.12. The molecule has 14 heavy (non-hydrogen) atoms. The van der Waals surface area contributed by atoms with Gasteiger partial charge in [0, 0.05) is 12.2 Å². The number of hydrogen-bond acceptors (Lipinski definition) is 3. The molecule has 0 bridgehead atoms. The fourth-order valence-electron chi connectivity index (χ4n) is 1.12. The van der Waals surface area contributed by atoms with Crippen LogP contribution in [0.25, 0.3) is 0 Å². The van der Waals surface area contributed by atoms with Crippen molar-refractivity contribution < 1.29 is 14.9 Å². The van der Waals surface area contributed by atoms with Crippen LogP contribution < -0.4 is 0 Å². The van der Waals surface area contributed by atoms with E-state index in [1.807, 2.05) is 30.3 Å². The van der Waals surface area contributed by atoms with Gasteiger partial charge in [-0.1, -0.05) is 30.3 Å². The fraction of sp³-hybridized carbons (Fsp3) is 0.455. The van der Waals surface area contributed by atoms with Gasteiger partial charge in [-0.3, -0.25) is 0 Å². The molecule has 0 radical (unpaired) electrons. The lowest BCUT2D eigenvalue weighted by Crippen LogP contribution is -2.04. The van der Waals surface area contributed by atoms with E-state index in [0.29, 0.717) is 13.0 Å². The number of benzene rings is 1. The zero-order valence-electron chi connectivity index (χ0n) is 8.10. The van der Waals surface area contributed by atoms with Crippen molar-refractivity contribution in [2.45, 2.75) is 19.1 Å². The van der Waals surface area contributed by atoms with E-state index < -0.39 is 6.29 Å². The van der Waals surface area contributed by atoms with Crippen molar-refractivity contribution in [3.05, 3.63) is 35.9 Å². The van der Waals surface area contributed by atoms with Crippen LogP contribution in [0, 0.1) is 0 Å². The zero-order chi connectivity index (χ0) is 10.2. The minimum Gasteiger partial charge on any atom is -0.396 e. The summed E-state index contributed by atoms with van der Waals surface area (Å²) in [6, 6.07) is 9.24. The van der Waals surface area contributed by atoms with Gasteiger partial charge in [-0.25, -0.2) is 0 Å². The van der Waals surface area contributed by atoms with Gasteiger partial charge in [0.1, 0.15) is 0 Å². The smallest absolute Gasteiger partial charge is 0.181 e. The third kappa shape index (κ3) is 3.87. The van der Waals surface area contributed by atoms with E-state index in [9.17, 15) is 5.11 Å². The average Bonchev–Trinajstić information content (AvgIpc) is 2.25. The van der Waals surface area contributed by atoms with Gasteiger partial charge in [0.2, 0.25) is 0 Å². The third-order valence-electron chi connectivity index (χ3n) is 1.91. The molecular formula is C11H16O3. The minimum atomic E-state index is -0.852. The van der Waals surface area contributed by atoms with E-state index in [0.717, 1.165) is 12.0 Å². The van der Waals surface area contributed by atoms with E-state index in [2.05, 4.69) is 0 Å². The molecule has 0 aliphatic heterocycles. The first-order valence-corrected chi connectivity index (χ1v) is 4.80. The Balaban J connectivity index is 2.25. The van der Waals surface area contributed by atoms with Gasteiger partial charge in [-0.2, -0.15) is 0 Å². The van der Waals surface area contributed by atoms with Crippen LogP contribution in [-0.4, -0.2) is 23.4 Å². The van der Waals surface area contributed by atoms with Gasteiger partial charge in [0.15, 0.2) is 6.29 Å². The first kappa shape index (κ1) is 11.2. The van der Waals surface area contributed by atoms with Crippen LogP contribution in [0.4, 0.5) is 0 Å². The van der Waals surface area contributed by atoms with Crippen molar-refractivity contribution in [3.63, 3.8) is 0 Å². The summed E-state index contributed by atoms with van der Waals surface area (Å²) in [4.78, 5) is 0. The van der Waals surface area contributed by atoms with Crippen molar-refractivity contribution in [2.75, 3.05) is 13.2 Å². The first-order valence-electron chi connectivity index (χ1n) is 4.80. The summed E-state index contributed by atoms with van der Waals surface area (Å²) in [5.74, 6) is 0. The summed E-state index contributed by atoms with van der Waals surface area (Å²) < 4.78 is 5.17. The largest absolute Gasteiger partial charge is 0.396 e. The Morgan fingerprint density at radius 1 is 1.14 bits per heavy atom. The lowest BCUT2D eigenvalue weighted by Gasteiger charge is -2.11. The Kier molecular flexibility index (Phi) is 5.22. The normalized spacial score (nSPS) is 12.7. The second-order valence-electron chi connectivity index (χ2n) is 3.06. The van der Waals surface area contributed by atoms with Crippen molar-refractivity contribution >= 4 is 0 Å². The molecular weight excluding hydrogens is 180 g/mol. The lowest BCUT2D eigenvalue weighted by atomic mass is 10.2. The highest BCUT2D eigenvalue weighted by molar-refractivity contribution is 5.15. The van der Waals surface area contributed by atoms with Crippen molar-refractivity contribution in [1.29, 1.82) is 0 Å². The van der Waals surface area contributed by atoms with Gasteiger partial charge in [0.05, 0.1) is 6.61 Å². The summed E-state index contributed by atoms with van der Waals surface area (Å²) >= 11 is 0. The summed E-state index contributed by atoms with van der Waals surface area (Å²) in [7, 11) is 0. The van der Waals surface area contributed by atoms with E-state index in [1.54, 1.807) is 0 Å². The monoisotopic (exact) mass is 196 g/mol. The molecule has 0 heterocycles. The van der Waals surface area contributed by atoms with Crippen molar-refractivity contribution in [3.8, 4) is 0 Å². The lowest BCUT2D eigenvalue weighted by molar-refractivity contribution is -0.104. The van der Waals surface area contributed by atoms with Gasteiger partial charge >= 0.3 is 0 Å². The van der Waals surface area contributed by atoms with Crippen LogP contribution in [0.3, 0.4) is 0 Å². The molecule has 1 unspecified atom stereocenters. The van der Waals surface area contributed by atoms with Gasteiger partial charge in [-0.15, -0.1) is 0 Å². The standard InChI is InChI=1S/C11H16O3/c12-8-4-5-9-14-11(13)10-6-2-1-3-7-10/h1-3,6-7,11-13H,4-5,8-9H2. The molecule has 0 fully saturated rings. The third-order valence-corrected chi connectivity index (χ3v) is 1.91.